The van der Waals surface area contributed by atoms with Crippen molar-refractivity contribution in [2.75, 3.05) is 55.4 Å². The van der Waals surface area contributed by atoms with Gasteiger partial charge in [0.1, 0.15) is 12.4 Å². The molecule has 118 valence electrons. The van der Waals surface area contributed by atoms with E-state index in [-0.39, 0.29) is 17.7 Å². The smallest absolute Gasteiger partial charge is 0.282 e. The van der Waals surface area contributed by atoms with E-state index >= 15 is 0 Å². The lowest BCUT2D eigenvalue weighted by atomic mass is 10.3. The number of carbonyl (C=O) groups excluding carboxylic acids is 2. The van der Waals surface area contributed by atoms with Crippen LogP contribution >= 0.6 is 11.8 Å². The summed E-state index contributed by atoms with van der Waals surface area (Å²) in [6.07, 6.45) is 1.75. The zero-order chi connectivity index (χ0) is 15.4. The van der Waals surface area contributed by atoms with Crippen LogP contribution in [0.3, 0.4) is 0 Å². The van der Waals surface area contributed by atoms with Crippen LogP contribution in [0.5, 0.6) is 0 Å². The Morgan fingerprint density at radius 3 is 2.77 bits per heavy atom. The van der Waals surface area contributed by atoms with Gasteiger partial charge in [-0.3, -0.25) is 9.59 Å². The molecule has 2 amide bonds. The fourth-order valence-corrected chi connectivity index (χ4v) is 3.22. The quantitative estimate of drug-likeness (QED) is 0.892. The van der Waals surface area contributed by atoms with Crippen LogP contribution in [0.4, 0.5) is 16.3 Å². The third-order valence-electron chi connectivity index (χ3n) is 3.57. The lowest BCUT2D eigenvalue weighted by molar-refractivity contribution is -0.116. The maximum Gasteiger partial charge on any atom is 0.282 e. The topological polar surface area (TPSA) is 74.8 Å². The monoisotopic (exact) mass is 322 g/mol. The van der Waals surface area contributed by atoms with E-state index in [0.29, 0.717) is 12.4 Å². The summed E-state index contributed by atoms with van der Waals surface area (Å²) in [5.41, 5.74) is 1.02. The van der Waals surface area contributed by atoms with Crippen LogP contribution in [0.2, 0.25) is 0 Å². The fraction of sp³-hybridized carbons (Fsp3) is 0.500. The molecule has 0 bridgehead atoms. The number of carbonyl (C=O) groups is 2. The van der Waals surface area contributed by atoms with Gasteiger partial charge >= 0.3 is 0 Å². The highest BCUT2D eigenvalue weighted by molar-refractivity contribution is 8.13. The van der Waals surface area contributed by atoms with Crippen molar-refractivity contribution in [2.24, 2.45) is 0 Å². The van der Waals surface area contributed by atoms with Gasteiger partial charge in [0.15, 0.2) is 0 Å². The Labute approximate surface area is 133 Å². The van der Waals surface area contributed by atoms with Crippen LogP contribution in [-0.4, -0.2) is 66.2 Å². The number of nitrogens with one attached hydrogen (secondary N) is 1. The van der Waals surface area contributed by atoms with E-state index in [0.717, 1.165) is 37.7 Å². The van der Waals surface area contributed by atoms with Crippen LogP contribution < -0.4 is 10.2 Å². The maximum absolute atomic E-state index is 11.9. The van der Waals surface area contributed by atoms with Crippen LogP contribution in [0.15, 0.2) is 18.3 Å². The Morgan fingerprint density at radius 2 is 2.14 bits per heavy atom. The standard InChI is InChI=1S/C14H18N4O3S/c19-13(10-18-5-8-22-14(18)20)16-12-2-1-11(9-15-12)17-3-6-21-7-4-17/h1-2,9H,3-8,10H2,(H,15,16,19). The van der Waals surface area contributed by atoms with E-state index in [9.17, 15) is 9.59 Å². The van der Waals surface area contributed by atoms with Gasteiger partial charge in [0.25, 0.3) is 5.24 Å². The Morgan fingerprint density at radius 1 is 1.32 bits per heavy atom. The van der Waals surface area contributed by atoms with Crippen LogP contribution in [-0.2, 0) is 9.53 Å². The number of amides is 2. The summed E-state index contributed by atoms with van der Waals surface area (Å²) in [5, 5.41) is 2.69. The summed E-state index contributed by atoms with van der Waals surface area (Å²) >= 11 is 1.25. The van der Waals surface area contributed by atoms with E-state index < -0.39 is 0 Å². The van der Waals surface area contributed by atoms with Crippen molar-refractivity contribution < 1.29 is 14.3 Å². The van der Waals surface area contributed by atoms with E-state index in [1.54, 1.807) is 17.2 Å². The predicted octanol–water partition coefficient (Wildman–Crippen LogP) is 1.03. The molecular weight excluding hydrogens is 304 g/mol. The number of rotatable bonds is 4. The molecule has 0 aliphatic carbocycles. The summed E-state index contributed by atoms with van der Waals surface area (Å²) in [7, 11) is 0. The second kappa shape index (κ2) is 6.97. The molecule has 3 heterocycles. The largest absolute Gasteiger partial charge is 0.378 e. The van der Waals surface area contributed by atoms with Crippen LogP contribution in [0, 0.1) is 0 Å². The molecule has 8 heteroatoms. The predicted molar refractivity (Wildman–Crippen MR) is 85.3 cm³/mol. The number of hydrogen-bond donors (Lipinski definition) is 1. The summed E-state index contributed by atoms with van der Waals surface area (Å²) in [4.78, 5) is 31.4. The number of ether oxygens (including phenoxy) is 1. The molecular formula is C14H18N4O3S. The minimum Gasteiger partial charge on any atom is -0.378 e. The molecule has 0 atom stereocenters. The van der Waals surface area contributed by atoms with Crippen molar-refractivity contribution in [3.05, 3.63) is 18.3 Å². The van der Waals surface area contributed by atoms with Gasteiger partial charge in [-0.25, -0.2) is 4.98 Å². The Balaban J connectivity index is 1.54. The lowest BCUT2D eigenvalue weighted by Crippen LogP contribution is -2.36. The van der Waals surface area contributed by atoms with Gasteiger partial charge in [0.2, 0.25) is 5.91 Å². The summed E-state index contributed by atoms with van der Waals surface area (Å²) in [6, 6.07) is 3.72. The van der Waals surface area contributed by atoms with Crippen molar-refractivity contribution in [2.45, 2.75) is 0 Å². The molecule has 0 aromatic carbocycles. The first-order valence-corrected chi connectivity index (χ1v) is 8.21. The summed E-state index contributed by atoms with van der Waals surface area (Å²) in [6.45, 7) is 3.85. The molecule has 3 rings (SSSR count). The third-order valence-corrected chi connectivity index (χ3v) is 4.46. The molecule has 0 spiro atoms. The number of hydrogen-bond acceptors (Lipinski definition) is 6. The summed E-state index contributed by atoms with van der Waals surface area (Å²) < 4.78 is 5.32. The number of nitrogens with zero attached hydrogens (tertiary/aromatic N) is 3. The highest BCUT2D eigenvalue weighted by Gasteiger charge is 2.23. The molecule has 1 aromatic rings. The molecule has 0 saturated carbocycles. The Kier molecular flexibility index (Phi) is 4.79. The number of thioether (sulfide) groups is 1. The summed E-state index contributed by atoms with van der Waals surface area (Å²) in [5.74, 6) is 1.03. The SMILES string of the molecule is O=C(CN1CCSC1=O)Nc1ccc(N2CCOCC2)cn1. The number of pyridine rings is 1. The molecule has 2 saturated heterocycles. The second-order valence-corrected chi connectivity index (χ2v) is 6.13. The normalized spacial score (nSPS) is 18.6. The molecule has 2 aliphatic rings. The van der Waals surface area contributed by atoms with E-state index in [2.05, 4.69) is 15.2 Å². The van der Waals surface area contributed by atoms with Gasteiger partial charge in [0, 0.05) is 25.4 Å². The van der Waals surface area contributed by atoms with Crippen LogP contribution in [0.1, 0.15) is 0 Å². The fourth-order valence-electron chi connectivity index (χ4n) is 2.39. The van der Waals surface area contributed by atoms with Gasteiger partial charge in [0.05, 0.1) is 25.1 Å². The molecule has 0 unspecified atom stereocenters. The van der Waals surface area contributed by atoms with E-state index in [1.165, 1.54) is 11.8 Å². The first-order chi connectivity index (χ1) is 10.7. The van der Waals surface area contributed by atoms with Gasteiger partial charge in [-0.1, -0.05) is 11.8 Å². The van der Waals surface area contributed by atoms with Crippen molar-refractivity contribution >= 4 is 34.4 Å². The Bertz CT molecular complexity index is 546. The molecule has 1 aromatic heterocycles. The highest BCUT2D eigenvalue weighted by Crippen LogP contribution is 2.18. The van der Waals surface area contributed by atoms with Crippen molar-refractivity contribution in [1.29, 1.82) is 0 Å². The maximum atomic E-state index is 11.9. The molecule has 1 N–H and O–H groups in total. The minimum absolute atomic E-state index is 0.0363. The van der Waals surface area contributed by atoms with Crippen molar-refractivity contribution in [3.63, 3.8) is 0 Å². The number of aromatic nitrogens is 1. The lowest BCUT2D eigenvalue weighted by Gasteiger charge is -2.28. The molecule has 0 radical (unpaired) electrons. The molecule has 2 fully saturated rings. The van der Waals surface area contributed by atoms with Gasteiger partial charge in [-0.2, -0.15) is 0 Å². The first-order valence-electron chi connectivity index (χ1n) is 7.23. The zero-order valence-electron chi connectivity index (χ0n) is 12.2. The zero-order valence-corrected chi connectivity index (χ0v) is 13.0. The molecule has 22 heavy (non-hydrogen) atoms. The van der Waals surface area contributed by atoms with Crippen LogP contribution in [0.25, 0.3) is 0 Å². The molecule has 7 nitrogen and oxygen atoms in total. The second-order valence-electron chi connectivity index (χ2n) is 5.09. The highest BCUT2D eigenvalue weighted by atomic mass is 32.2. The average Bonchev–Trinajstić information content (AvgIpc) is 2.94. The molecule has 2 aliphatic heterocycles. The van der Waals surface area contributed by atoms with Gasteiger partial charge in [-0.15, -0.1) is 0 Å². The van der Waals surface area contributed by atoms with Gasteiger partial charge in [-0.05, 0) is 12.1 Å². The van der Waals surface area contributed by atoms with Crippen molar-refractivity contribution in [1.82, 2.24) is 9.88 Å². The van der Waals surface area contributed by atoms with Gasteiger partial charge < -0.3 is 19.9 Å². The Hall–Kier alpha value is -1.80. The number of anilines is 2. The van der Waals surface area contributed by atoms with E-state index in [4.69, 9.17) is 4.74 Å². The van der Waals surface area contributed by atoms with Crippen molar-refractivity contribution in [3.8, 4) is 0 Å². The third kappa shape index (κ3) is 3.69. The first kappa shape index (κ1) is 15.1. The van der Waals surface area contributed by atoms with E-state index in [1.807, 2.05) is 6.07 Å². The minimum atomic E-state index is -0.220. The number of morpholine rings is 1. The average molecular weight is 322 g/mol.